The van der Waals surface area contributed by atoms with Crippen LogP contribution in [0.5, 0.6) is 0 Å². The number of rotatable bonds is 7. The van der Waals surface area contributed by atoms with Gasteiger partial charge in [0.05, 0.1) is 11.6 Å². The first kappa shape index (κ1) is 20.7. The summed E-state index contributed by atoms with van der Waals surface area (Å²) in [5.41, 5.74) is 2.62. The van der Waals surface area contributed by atoms with E-state index in [9.17, 15) is 9.59 Å². The summed E-state index contributed by atoms with van der Waals surface area (Å²) < 4.78 is 0. The third kappa shape index (κ3) is 5.29. The maximum Gasteiger partial charge on any atom is 0.248 e. The number of carbonyl (C=O) groups is 2. The standard InChI is InChI=1S/C23H25N3O2S/c1-15(2)20(22(28)26-23-24-16(3)14-29-23)25-21(27)19(17-10-6-4-7-11-17)18-12-8-5-9-13-18/h4-15,19-20H,1-3H3,(H,25,27)(H,24,26,28). The highest BCUT2D eigenvalue weighted by molar-refractivity contribution is 7.13. The Balaban J connectivity index is 1.83. The molecule has 5 nitrogen and oxygen atoms in total. The Morgan fingerprint density at radius 1 is 0.897 bits per heavy atom. The van der Waals surface area contributed by atoms with E-state index < -0.39 is 12.0 Å². The molecule has 2 aromatic carbocycles. The van der Waals surface area contributed by atoms with Crippen LogP contribution in [0.3, 0.4) is 0 Å². The van der Waals surface area contributed by atoms with Crippen LogP contribution in [0.15, 0.2) is 66.0 Å². The van der Waals surface area contributed by atoms with Crippen molar-refractivity contribution in [2.24, 2.45) is 5.92 Å². The average Bonchev–Trinajstić information content (AvgIpc) is 3.12. The van der Waals surface area contributed by atoms with Crippen LogP contribution in [-0.4, -0.2) is 22.8 Å². The molecule has 0 fully saturated rings. The van der Waals surface area contributed by atoms with Crippen LogP contribution in [-0.2, 0) is 9.59 Å². The monoisotopic (exact) mass is 407 g/mol. The van der Waals surface area contributed by atoms with Crippen LogP contribution in [0, 0.1) is 12.8 Å². The Morgan fingerprint density at radius 2 is 1.45 bits per heavy atom. The number of anilines is 1. The summed E-state index contributed by atoms with van der Waals surface area (Å²) in [5.74, 6) is -1.03. The molecule has 1 aromatic heterocycles. The molecule has 3 rings (SSSR count). The second kappa shape index (κ2) is 9.47. The van der Waals surface area contributed by atoms with Crippen molar-refractivity contribution in [1.29, 1.82) is 0 Å². The van der Waals surface area contributed by atoms with E-state index in [4.69, 9.17) is 0 Å². The maximum absolute atomic E-state index is 13.3. The third-order valence-electron chi connectivity index (χ3n) is 4.62. The van der Waals surface area contributed by atoms with Crippen LogP contribution < -0.4 is 10.6 Å². The molecule has 150 valence electrons. The molecular weight excluding hydrogens is 382 g/mol. The van der Waals surface area contributed by atoms with Crippen LogP contribution in [0.2, 0.25) is 0 Å². The van der Waals surface area contributed by atoms with Gasteiger partial charge in [-0.05, 0) is 24.0 Å². The lowest BCUT2D eigenvalue weighted by molar-refractivity contribution is -0.127. The molecule has 2 N–H and O–H groups in total. The third-order valence-corrected chi connectivity index (χ3v) is 5.50. The smallest absolute Gasteiger partial charge is 0.248 e. The summed E-state index contributed by atoms with van der Waals surface area (Å²) in [7, 11) is 0. The Kier molecular flexibility index (Phi) is 6.77. The lowest BCUT2D eigenvalue weighted by atomic mass is 9.89. The number of hydrogen-bond donors (Lipinski definition) is 2. The minimum Gasteiger partial charge on any atom is -0.343 e. The van der Waals surface area contributed by atoms with Crippen molar-refractivity contribution >= 4 is 28.3 Å². The molecule has 6 heteroatoms. The molecule has 0 spiro atoms. The van der Waals surface area contributed by atoms with Crippen molar-refractivity contribution in [3.05, 3.63) is 82.9 Å². The van der Waals surface area contributed by atoms with E-state index in [1.807, 2.05) is 86.8 Å². The Hall–Kier alpha value is -2.99. The molecule has 1 atom stereocenters. The highest BCUT2D eigenvalue weighted by Gasteiger charge is 2.30. The number of hydrogen-bond acceptors (Lipinski definition) is 4. The Bertz CT molecular complexity index is 915. The number of nitrogens with one attached hydrogen (secondary N) is 2. The van der Waals surface area contributed by atoms with Crippen LogP contribution in [0.4, 0.5) is 5.13 Å². The fourth-order valence-electron chi connectivity index (χ4n) is 3.15. The topological polar surface area (TPSA) is 71.1 Å². The molecule has 0 bridgehead atoms. The number of carbonyl (C=O) groups excluding carboxylic acids is 2. The maximum atomic E-state index is 13.3. The molecule has 3 aromatic rings. The zero-order valence-electron chi connectivity index (χ0n) is 16.8. The largest absolute Gasteiger partial charge is 0.343 e. The number of aromatic nitrogens is 1. The lowest BCUT2D eigenvalue weighted by Gasteiger charge is -2.25. The fraction of sp³-hybridized carbons (Fsp3) is 0.261. The van der Waals surface area contributed by atoms with Gasteiger partial charge in [0.1, 0.15) is 6.04 Å². The molecule has 29 heavy (non-hydrogen) atoms. The molecule has 1 heterocycles. The van der Waals surface area contributed by atoms with Crippen molar-refractivity contribution in [1.82, 2.24) is 10.3 Å². The quantitative estimate of drug-likeness (QED) is 0.611. The van der Waals surface area contributed by atoms with Crippen LogP contribution in [0.25, 0.3) is 0 Å². The van der Waals surface area contributed by atoms with Gasteiger partial charge >= 0.3 is 0 Å². The molecule has 0 radical (unpaired) electrons. The van der Waals surface area contributed by atoms with Crippen molar-refractivity contribution in [3.63, 3.8) is 0 Å². The van der Waals surface area contributed by atoms with Gasteiger partial charge in [0.25, 0.3) is 0 Å². The normalized spacial score (nSPS) is 12.0. The predicted molar refractivity (Wildman–Crippen MR) is 117 cm³/mol. The van der Waals surface area contributed by atoms with Gasteiger partial charge < -0.3 is 10.6 Å². The van der Waals surface area contributed by atoms with Gasteiger partial charge in [-0.3, -0.25) is 9.59 Å². The number of nitrogens with zero attached hydrogens (tertiary/aromatic N) is 1. The second-order valence-electron chi connectivity index (χ2n) is 7.27. The number of thiazole rings is 1. The average molecular weight is 408 g/mol. The molecule has 0 aliphatic rings. The van der Waals surface area contributed by atoms with Crippen LogP contribution in [0.1, 0.15) is 36.6 Å². The summed E-state index contributed by atoms with van der Waals surface area (Å²) in [6.45, 7) is 5.70. The van der Waals surface area contributed by atoms with Crippen molar-refractivity contribution in [2.75, 3.05) is 5.32 Å². The van der Waals surface area contributed by atoms with Gasteiger partial charge in [-0.2, -0.15) is 0 Å². The summed E-state index contributed by atoms with van der Waals surface area (Å²) in [6, 6.07) is 18.5. The van der Waals surface area contributed by atoms with Gasteiger partial charge in [0.15, 0.2) is 5.13 Å². The van der Waals surface area contributed by atoms with E-state index in [1.54, 1.807) is 0 Å². The van der Waals surface area contributed by atoms with Crippen molar-refractivity contribution < 1.29 is 9.59 Å². The van der Waals surface area contributed by atoms with Gasteiger partial charge in [0, 0.05) is 5.38 Å². The predicted octanol–water partition coefficient (Wildman–Crippen LogP) is 4.36. The molecule has 0 saturated heterocycles. The number of amides is 2. The molecule has 0 aliphatic carbocycles. The van der Waals surface area contributed by atoms with E-state index in [0.29, 0.717) is 5.13 Å². The zero-order chi connectivity index (χ0) is 20.8. The first-order chi connectivity index (χ1) is 14.0. The molecule has 2 amide bonds. The Morgan fingerprint density at radius 3 is 1.90 bits per heavy atom. The molecule has 1 unspecified atom stereocenters. The van der Waals surface area contributed by atoms with Gasteiger partial charge in [-0.25, -0.2) is 4.98 Å². The summed E-state index contributed by atoms with van der Waals surface area (Å²) in [5, 5.41) is 8.20. The highest BCUT2D eigenvalue weighted by atomic mass is 32.1. The lowest BCUT2D eigenvalue weighted by Crippen LogP contribution is -2.48. The minimum absolute atomic E-state index is 0.0767. The van der Waals surface area contributed by atoms with E-state index in [2.05, 4.69) is 15.6 Å². The first-order valence-corrected chi connectivity index (χ1v) is 10.5. The highest BCUT2D eigenvalue weighted by Crippen LogP contribution is 2.25. The van der Waals surface area contributed by atoms with E-state index in [0.717, 1.165) is 16.8 Å². The van der Waals surface area contributed by atoms with E-state index in [-0.39, 0.29) is 17.7 Å². The van der Waals surface area contributed by atoms with Crippen molar-refractivity contribution in [2.45, 2.75) is 32.7 Å². The first-order valence-electron chi connectivity index (χ1n) is 9.59. The number of benzene rings is 2. The molecule has 0 aliphatic heterocycles. The Labute approximate surface area is 175 Å². The van der Waals surface area contributed by atoms with Gasteiger partial charge in [-0.1, -0.05) is 74.5 Å². The number of aryl methyl sites for hydroxylation is 1. The summed E-state index contributed by atoms with van der Waals surface area (Å²) in [6.07, 6.45) is 0. The SMILES string of the molecule is Cc1csc(NC(=O)C(NC(=O)C(c2ccccc2)c2ccccc2)C(C)C)n1. The molecule has 0 saturated carbocycles. The van der Waals surface area contributed by atoms with Gasteiger partial charge in [-0.15, -0.1) is 11.3 Å². The van der Waals surface area contributed by atoms with Crippen molar-refractivity contribution in [3.8, 4) is 0 Å². The fourth-order valence-corrected chi connectivity index (χ4v) is 3.84. The van der Waals surface area contributed by atoms with E-state index >= 15 is 0 Å². The summed E-state index contributed by atoms with van der Waals surface area (Å²) in [4.78, 5) is 30.4. The second-order valence-corrected chi connectivity index (χ2v) is 8.13. The zero-order valence-corrected chi connectivity index (χ0v) is 17.6. The minimum atomic E-state index is -0.665. The summed E-state index contributed by atoms with van der Waals surface area (Å²) >= 11 is 1.37. The van der Waals surface area contributed by atoms with Crippen LogP contribution >= 0.6 is 11.3 Å². The van der Waals surface area contributed by atoms with E-state index in [1.165, 1.54) is 11.3 Å². The molecular formula is C23H25N3O2S. The van der Waals surface area contributed by atoms with Gasteiger partial charge in [0.2, 0.25) is 11.8 Å².